The molecule has 0 radical (unpaired) electrons. The molecule has 0 fully saturated rings. The van der Waals surface area contributed by atoms with Crippen molar-refractivity contribution in [2.75, 3.05) is 11.1 Å². The maximum atomic E-state index is 12.8. The van der Waals surface area contributed by atoms with Crippen molar-refractivity contribution < 1.29 is 9.90 Å². The average molecular weight is 430 g/mol. The van der Waals surface area contributed by atoms with Gasteiger partial charge >= 0.3 is 5.69 Å². The molecule has 2 heterocycles. The van der Waals surface area contributed by atoms with Gasteiger partial charge in [0.25, 0.3) is 5.56 Å². The summed E-state index contributed by atoms with van der Waals surface area (Å²) >= 11 is 1.11. The largest absolute Gasteiger partial charge is 0.508 e. The summed E-state index contributed by atoms with van der Waals surface area (Å²) in [5.74, 6) is 0.282. The minimum Gasteiger partial charge on any atom is -0.508 e. The number of rotatable bonds is 4. The van der Waals surface area contributed by atoms with Crippen molar-refractivity contribution in [2.24, 2.45) is 14.1 Å². The normalized spacial score (nSPS) is 11.6. The van der Waals surface area contributed by atoms with Crippen LogP contribution in [-0.4, -0.2) is 35.9 Å². The lowest BCUT2D eigenvalue weighted by molar-refractivity contribution is -0.113. The van der Waals surface area contributed by atoms with E-state index in [0.29, 0.717) is 16.5 Å². The number of fused-ring (bicyclic) bond motifs is 1. The summed E-state index contributed by atoms with van der Waals surface area (Å²) in [5, 5.41) is 12.6. The van der Waals surface area contributed by atoms with Gasteiger partial charge in [0.15, 0.2) is 5.65 Å². The quantitative estimate of drug-likeness (QED) is 0.368. The highest BCUT2D eigenvalue weighted by molar-refractivity contribution is 8.00. The number of carbonyl (C=O) groups is 1. The van der Waals surface area contributed by atoms with Crippen LogP contribution in [0.4, 0.5) is 5.69 Å². The van der Waals surface area contributed by atoms with Crippen LogP contribution in [0.1, 0.15) is 26.6 Å². The number of aryl methyl sites for hydroxylation is 1. The first-order valence-corrected chi connectivity index (χ1v) is 10.2. The number of benzene rings is 1. The predicted octanol–water partition coefficient (Wildman–Crippen LogP) is 1.76. The molecule has 0 bridgehead atoms. The van der Waals surface area contributed by atoms with E-state index in [-0.39, 0.29) is 28.4 Å². The van der Waals surface area contributed by atoms with Crippen LogP contribution in [0.2, 0.25) is 0 Å². The maximum Gasteiger partial charge on any atom is 0.332 e. The summed E-state index contributed by atoms with van der Waals surface area (Å²) in [6.45, 7) is 5.79. The molecule has 2 aromatic heterocycles. The second-order valence-corrected chi connectivity index (χ2v) is 8.85. The van der Waals surface area contributed by atoms with Gasteiger partial charge < -0.3 is 10.4 Å². The summed E-state index contributed by atoms with van der Waals surface area (Å²) in [4.78, 5) is 46.5. The minimum atomic E-state index is -0.505. The number of aromatic nitrogens is 4. The van der Waals surface area contributed by atoms with Crippen molar-refractivity contribution in [3.63, 3.8) is 0 Å². The van der Waals surface area contributed by atoms with Crippen LogP contribution in [0.5, 0.6) is 5.75 Å². The van der Waals surface area contributed by atoms with E-state index in [1.54, 1.807) is 19.2 Å². The topological polar surface area (TPSA) is 119 Å². The molecule has 0 atom stereocenters. The molecule has 0 aliphatic carbocycles. The van der Waals surface area contributed by atoms with Gasteiger partial charge in [-0.3, -0.25) is 18.7 Å². The number of hydrogen-bond acceptors (Lipinski definition) is 7. The smallest absolute Gasteiger partial charge is 0.332 e. The lowest BCUT2D eigenvalue weighted by atomic mass is 9.96. The summed E-state index contributed by atoms with van der Waals surface area (Å²) < 4.78 is 2.32. The fourth-order valence-electron chi connectivity index (χ4n) is 2.74. The molecule has 0 saturated heterocycles. The number of aromatic hydroxyl groups is 1. The van der Waals surface area contributed by atoms with Gasteiger partial charge in [0.05, 0.1) is 5.75 Å². The summed E-state index contributed by atoms with van der Waals surface area (Å²) in [6, 6.07) is 6.11. The van der Waals surface area contributed by atoms with Crippen LogP contribution in [0.25, 0.3) is 11.0 Å². The van der Waals surface area contributed by atoms with E-state index in [4.69, 9.17) is 0 Å². The third kappa shape index (κ3) is 4.23. The number of hydrogen-bond donors (Lipinski definition) is 2. The van der Waals surface area contributed by atoms with Gasteiger partial charge in [0.1, 0.15) is 22.0 Å². The lowest BCUT2D eigenvalue weighted by Crippen LogP contribution is -2.38. The molecule has 30 heavy (non-hydrogen) atoms. The van der Waals surface area contributed by atoms with Gasteiger partial charge in [-0.1, -0.05) is 32.5 Å². The number of amides is 1. The van der Waals surface area contributed by atoms with Crippen LogP contribution in [0.15, 0.2) is 38.9 Å². The Balaban J connectivity index is 2.01. The van der Waals surface area contributed by atoms with Crippen molar-refractivity contribution in [2.45, 2.75) is 31.2 Å². The minimum absolute atomic E-state index is 0.00255. The molecule has 0 aliphatic rings. The van der Waals surface area contributed by atoms with E-state index in [0.717, 1.165) is 16.3 Å². The molecule has 1 amide bonds. The van der Waals surface area contributed by atoms with Crippen molar-refractivity contribution >= 4 is 34.4 Å². The second kappa shape index (κ2) is 7.94. The Morgan fingerprint density at radius 2 is 1.73 bits per heavy atom. The first-order valence-electron chi connectivity index (χ1n) is 9.19. The van der Waals surface area contributed by atoms with E-state index >= 15 is 0 Å². The molecule has 0 spiro atoms. The lowest BCUT2D eigenvalue weighted by Gasteiger charge is -2.19. The number of phenols is 1. The zero-order valence-electron chi connectivity index (χ0n) is 17.4. The van der Waals surface area contributed by atoms with Crippen LogP contribution >= 0.6 is 11.8 Å². The monoisotopic (exact) mass is 429 g/mol. The van der Waals surface area contributed by atoms with Crippen molar-refractivity contribution in [1.82, 2.24) is 19.1 Å². The maximum absolute atomic E-state index is 12.8. The first-order chi connectivity index (χ1) is 14.0. The Bertz CT molecular complexity index is 1240. The number of anilines is 1. The number of carbonyl (C=O) groups excluding carboxylic acids is 1. The average Bonchev–Trinajstić information content (AvgIpc) is 2.69. The Morgan fingerprint density at radius 1 is 1.10 bits per heavy atom. The predicted molar refractivity (Wildman–Crippen MR) is 116 cm³/mol. The standard InChI is InChI=1S/C20H23N5O4S/c1-20(2,3)18-22-15-14(17(28)25(5)19(29)24(15)4)16(23-18)30-10-13(27)21-11-6-8-12(26)9-7-11/h6-9,26H,10H2,1-5H3,(H,21,27). The number of thioether (sulfide) groups is 1. The van der Waals surface area contributed by atoms with Crippen LogP contribution in [0.3, 0.4) is 0 Å². The molecule has 0 saturated carbocycles. The number of phenolic OH excluding ortho intramolecular Hbond substituents is 1. The van der Waals surface area contributed by atoms with Gasteiger partial charge in [-0.15, -0.1) is 0 Å². The third-order valence-electron chi connectivity index (χ3n) is 4.43. The number of nitrogens with zero attached hydrogens (tertiary/aromatic N) is 4. The zero-order valence-corrected chi connectivity index (χ0v) is 18.2. The second-order valence-electron chi connectivity index (χ2n) is 7.89. The van der Waals surface area contributed by atoms with Crippen molar-refractivity contribution in [1.29, 1.82) is 0 Å². The van der Waals surface area contributed by atoms with E-state index < -0.39 is 16.7 Å². The Kier molecular flexibility index (Phi) is 5.71. The Hall–Kier alpha value is -3.14. The molecule has 0 aliphatic heterocycles. The molecular weight excluding hydrogens is 406 g/mol. The molecule has 9 nitrogen and oxygen atoms in total. The van der Waals surface area contributed by atoms with Gasteiger partial charge in [-0.2, -0.15) is 0 Å². The molecule has 3 rings (SSSR count). The van der Waals surface area contributed by atoms with Crippen LogP contribution in [0, 0.1) is 0 Å². The SMILES string of the molecule is Cn1c(=O)c2c(SCC(=O)Nc3ccc(O)cc3)nc(C(C)(C)C)nc2n(C)c1=O. The van der Waals surface area contributed by atoms with Gasteiger partial charge in [0, 0.05) is 25.2 Å². The fourth-order valence-corrected chi connectivity index (χ4v) is 3.56. The molecule has 158 valence electrons. The summed E-state index contributed by atoms with van der Waals surface area (Å²) in [7, 11) is 2.95. The molecule has 2 N–H and O–H groups in total. The molecule has 1 aromatic carbocycles. The molecular formula is C20H23N5O4S. The van der Waals surface area contributed by atoms with E-state index in [2.05, 4.69) is 15.3 Å². The molecule has 10 heteroatoms. The van der Waals surface area contributed by atoms with Crippen molar-refractivity contribution in [3.05, 3.63) is 50.9 Å². The van der Waals surface area contributed by atoms with Crippen LogP contribution in [-0.2, 0) is 24.3 Å². The van der Waals surface area contributed by atoms with Crippen LogP contribution < -0.4 is 16.6 Å². The van der Waals surface area contributed by atoms with E-state index in [1.807, 2.05) is 20.8 Å². The molecule has 0 unspecified atom stereocenters. The third-order valence-corrected chi connectivity index (χ3v) is 5.40. The van der Waals surface area contributed by atoms with Gasteiger partial charge in [0.2, 0.25) is 5.91 Å². The Morgan fingerprint density at radius 3 is 2.33 bits per heavy atom. The summed E-state index contributed by atoms with van der Waals surface area (Å²) in [6.07, 6.45) is 0. The highest BCUT2D eigenvalue weighted by Gasteiger charge is 2.24. The zero-order chi connectivity index (χ0) is 22.2. The van der Waals surface area contributed by atoms with Gasteiger partial charge in [-0.25, -0.2) is 14.8 Å². The van der Waals surface area contributed by atoms with Crippen molar-refractivity contribution in [3.8, 4) is 5.75 Å². The highest BCUT2D eigenvalue weighted by Crippen LogP contribution is 2.27. The summed E-state index contributed by atoms with van der Waals surface area (Å²) in [5.41, 5.74) is -0.624. The Labute approximate surface area is 176 Å². The number of nitrogens with one attached hydrogen (secondary N) is 1. The van der Waals surface area contributed by atoms with Gasteiger partial charge in [-0.05, 0) is 24.3 Å². The molecule has 3 aromatic rings. The fraction of sp³-hybridized carbons (Fsp3) is 0.350. The highest BCUT2D eigenvalue weighted by atomic mass is 32.2. The first kappa shape index (κ1) is 21.6. The van der Waals surface area contributed by atoms with E-state index in [1.165, 1.54) is 23.7 Å². The van der Waals surface area contributed by atoms with E-state index in [9.17, 15) is 19.5 Å².